The van der Waals surface area contributed by atoms with E-state index in [-0.39, 0.29) is 6.61 Å². The van der Waals surface area contributed by atoms with Gasteiger partial charge in [0, 0.05) is 12.1 Å². The van der Waals surface area contributed by atoms with E-state index in [0.717, 1.165) is 0 Å². The summed E-state index contributed by atoms with van der Waals surface area (Å²) in [6, 6.07) is 0.472. The third-order valence-electron chi connectivity index (χ3n) is 3.90. The Morgan fingerprint density at radius 2 is 0.889 bits per heavy atom. The lowest BCUT2D eigenvalue weighted by Crippen LogP contribution is -2.66. The van der Waals surface area contributed by atoms with Crippen LogP contribution in [0, 0.1) is 0 Å². The number of hydrogen-bond acceptors (Lipinski definition) is 8. The second-order valence-electron chi connectivity index (χ2n) is 13.3. The van der Waals surface area contributed by atoms with Gasteiger partial charge in [0.2, 0.25) is 0 Å². The van der Waals surface area contributed by atoms with E-state index in [4.69, 9.17) is 29.4 Å². The summed E-state index contributed by atoms with van der Waals surface area (Å²) >= 11 is 0. The predicted molar refractivity (Wildman–Crippen MR) is 165 cm³/mol. The highest BCUT2D eigenvalue weighted by atomic mass is 28.5. The van der Waals surface area contributed by atoms with Crippen molar-refractivity contribution in [3.8, 4) is 0 Å². The van der Waals surface area contributed by atoms with E-state index in [1.54, 1.807) is 0 Å². The molecule has 0 N–H and O–H groups in total. The van der Waals surface area contributed by atoms with Crippen molar-refractivity contribution < 1.29 is 34.2 Å². The predicted octanol–water partition coefficient (Wildman–Crippen LogP) is 6.75. The van der Waals surface area contributed by atoms with Crippen LogP contribution < -0.4 is 0 Å². The molecule has 0 heterocycles. The zero-order chi connectivity index (χ0) is 28.9. The van der Waals surface area contributed by atoms with Gasteiger partial charge in [0.15, 0.2) is 25.0 Å². The number of hydrogen-bond donors (Lipinski definition) is 0. The van der Waals surface area contributed by atoms with Crippen LogP contribution in [-0.4, -0.2) is 72.0 Å². The molecule has 0 unspecified atom stereocenters. The Labute approximate surface area is 228 Å². The lowest BCUT2D eigenvalue weighted by Gasteiger charge is -2.46. The Morgan fingerprint density at radius 3 is 1.14 bits per heavy atom. The quantitative estimate of drug-likeness (QED) is 0.0755. The third kappa shape index (κ3) is 17.9. The average molecular weight is 631 g/mol. The highest BCUT2D eigenvalue weighted by molar-refractivity contribution is 6.92. The molecular formula is C21H54O8Si7. The van der Waals surface area contributed by atoms with E-state index in [1.165, 1.54) is 6.08 Å². The van der Waals surface area contributed by atoms with Gasteiger partial charge in [0.05, 0.1) is 6.61 Å². The van der Waals surface area contributed by atoms with Gasteiger partial charge in [0.1, 0.15) is 0 Å². The fraction of sp³-hybridized carbons (Fsp3) is 0.857. The van der Waals surface area contributed by atoms with Crippen molar-refractivity contribution in [2.75, 3.05) is 6.61 Å². The first kappa shape index (κ1) is 36.5. The summed E-state index contributed by atoms with van der Waals surface area (Å²) in [4.78, 5) is 11.6. The highest BCUT2D eigenvalue weighted by Gasteiger charge is 2.55. The maximum absolute atomic E-state index is 11.6. The van der Waals surface area contributed by atoms with E-state index < -0.39 is 65.4 Å². The number of carbonyl (C=O) groups is 1. The van der Waals surface area contributed by atoms with Gasteiger partial charge in [-0.3, -0.25) is 0 Å². The van der Waals surface area contributed by atoms with E-state index >= 15 is 0 Å². The summed E-state index contributed by atoms with van der Waals surface area (Å²) in [5, 5.41) is 0. The molecule has 0 aromatic rings. The first-order valence-electron chi connectivity index (χ1n) is 12.7. The van der Waals surface area contributed by atoms with Crippen LogP contribution in [0.15, 0.2) is 12.7 Å². The third-order valence-corrected chi connectivity index (χ3v) is 27.7. The van der Waals surface area contributed by atoms with Crippen LogP contribution in [0.1, 0.15) is 6.42 Å². The van der Waals surface area contributed by atoms with Gasteiger partial charge in [-0.15, -0.1) is 0 Å². The maximum Gasteiger partial charge on any atom is 0.474 e. The Hall–Kier alpha value is 0.488. The van der Waals surface area contributed by atoms with Crippen molar-refractivity contribution in [2.45, 2.75) is 111 Å². The second kappa shape index (κ2) is 13.2. The zero-order valence-corrected chi connectivity index (χ0v) is 32.7. The molecule has 36 heavy (non-hydrogen) atoms. The molecule has 0 aliphatic heterocycles. The van der Waals surface area contributed by atoms with Gasteiger partial charge in [-0.1, -0.05) is 6.58 Å². The summed E-state index contributed by atoms with van der Waals surface area (Å²) in [6.07, 6.45) is 1.69. The Balaban J connectivity index is 6.48. The first-order valence-corrected chi connectivity index (χ1v) is 33.3. The minimum absolute atomic E-state index is 0.222. The minimum atomic E-state index is -3.42. The molecule has 0 spiro atoms. The molecule has 0 aliphatic rings. The number of carbonyl (C=O) groups excluding carboxylic acids is 1. The fourth-order valence-corrected chi connectivity index (χ4v) is 35.9. The minimum Gasteiger partial charge on any atom is -0.463 e. The number of ether oxygens (including phenoxy) is 1. The topological polar surface area (TPSA) is 81.7 Å². The average Bonchev–Trinajstić information content (AvgIpc) is 2.49. The summed E-state index contributed by atoms with van der Waals surface area (Å²) < 4.78 is 45.9. The lowest BCUT2D eigenvalue weighted by atomic mass is 10.5. The smallest absolute Gasteiger partial charge is 0.463 e. The Kier molecular flexibility index (Phi) is 13.4. The second-order valence-corrected chi connectivity index (χ2v) is 41.1. The van der Waals surface area contributed by atoms with Crippen molar-refractivity contribution in [3.05, 3.63) is 12.7 Å². The molecule has 0 aliphatic carbocycles. The lowest BCUT2D eigenvalue weighted by molar-refractivity contribution is -0.137. The standard InChI is InChI=1S/C21H54O8Si7/c1-17-21(22)23-19-18-20-36(27-33(11,12)24-30(2,3)4,28-34(13,14)25-31(5,6)7)29-35(15,16)26-32(8,9)10/h17H,1,18-20H2,2-16H3. The molecule has 8 nitrogen and oxygen atoms in total. The molecule has 214 valence electrons. The van der Waals surface area contributed by atoms with Gasteiger partial charge in [-0.25, -0.2) is 4.79 Å². The van der Waals surface area contributed by atoms with Crippen LogP contribution in [0.5, 0.6) is 0 Å². The van der Waals surface area contributed by atoms with Crippen molar-refractivity contribution in [1.29, 1.82) is 0 Å². The summed E-state index contributed by atoms with van der Waals surface area (Å²) in [5.41, 5.74) is 0. The van der Waals surface area contributed by atoms with Crippen molar-refractivity contribution >= 4 is 65.4 Å². The van der Waals surface area contributed by atoms with Crippen LogP contribution in [0.25, 0.3) is 0 Å². The van der Waals surface area contributed by atoms with Crippen LogP contribution in [0.3, 0.4) is 0 Å². The molecule has 0 bridgehead atoms. The SMILES string of the molecule is C=CC(=O)OCCC[Si](O[Si](C)(C)O[Si](C)(C)C)(O[Si](C)(C)O[Si](C)(C)C)O[Si](C)(C)O[Si](C)(C)C. The van der Waals surface area contributed by atoms with Crippen LogP contribution >= 0.6 is 0 Å². The normalized spacial score (nSPS) is 14.6. The van der Waals surface area contributed by atoms with Gasteiger partial charge >= 0.3 is 40.5 Å². The van der Waals surface area contributed by atoms with Gasteiger partial charge in [0.25, 0.3) is 0 Å². The van der Waals surface area contributed by atoms with Crippen molar-refractivity contribution in [3.63, 3.8) is 0 Å². The monoisotopic (exact) mass is 630 g/mol. The maximum atomic E-state index is 11.6. The largest absolute Gasteiger partial charge is 0.474 e. The fourth-order valence-electron chi connectivity index (χ4n) is 4.13. The molecule has 0 aromatic heterocycles. The summed E-state index contributed by atoms with van der Waals surface area (Å²) in [5.74, 6) is -0.449. The summed E-state index contributed by atoms with van der Waals surface area (Å²) in [6.45, 7) is 35.4. The molecule has 0 saturated carbocycles. The molecule has 0 radical (unpaired) electrons. The van der Waals surface area contributed by atoms with Crippen LogP contribution in [0.2, 0.25) is 104 Å². The molecule has 0 rings (SSSR count). The van der Waals surface area contributed by atoms with Gasteiger partial charge in [-0.2, -0.15) is 0 Å². The summed E-state index contributed by atoms with van der Waals surface area (Å²) in [7, 11) is -17.2. The van der Waals surface area contributed by atoms with Crippen LogP contribution in [0.4, 0.5) is 0 Å². The molecule has 0 atom stereocenters. The van der Waals surface area contributed by atoms with E-state index in [0.29, 0.717) is 12.5 Å². The van der Waals surface area contributed by atoms with Crippen LogP contribution in [-0.2, 0) is 34.2 Å². The van der Waals surface area contributed by atoms with E-state index in [1.807, 2.05) is 0 Å². The van der Waals surface area contributed by atoms with Crippen molar-refractivity contribution in [1.82, 2.24) is 0 Å². The Morgan fingerprint density at radius 1 is 0.583 bits per heavy atom. The van der Waals surface area contributed by atoms with Gasteiger partial charge < -0.3 is 29.4 Å². The molecule has 0 saturated heterocycles. The molecular weight excluding hydrogens is 577 g/mol. The molecule has 0 aromatic carbocycles. The molecule has 0 fully saturated rings. The number of esters is 1. The number of rotatable bonds is 17. The molecule has 0 amide bonds. The Bertz CT molecular complexity index is 651. The van der Waals surface area contributed by atoms with Gasteiger partial charge in [-0.05, 0) is 105 Å². The highest BCUT2D eigenvalue weighted by Crippen LogP contribution is 2.33. The van der Waals surface area contributed by atoms with E-state index in [2.05, 4.69) is 105 Å². The molecule has 15 heteroatoms. The first-order chi connectivity index (χ1) is 15.7. The van der Waals surface area contributed by atoms with Crippen molar-refractivity contribution in [2.24, 2.45) is 0 Å². The van der Waals surface area contributed by atoms with E-state index in [9.17, 15) is 4.79 Å². The zero-order valence-electron chi connectivity index (χ0n) is 25.7.